The monoisotopic (exact) mass is 256 g/mol. The van der Waals surface area contributed by atoms with Gasteiger partial charge in [0.15, 0.2) is 5.82 Å². The van der Waals surface area contributed by atoms with E-state index in [-0.39, 0.29) is 0 Å². The summed E-state index contributed by atoms with van der Waals surface area (Å²) in [6, 6.07) is 0. The van der Waals surface area contributed by atoms with Gasteiger partial charge in [-0.3, -0.25) is 9.25 Å². The molecular weight excluding hydrogens is 242 g/mol. The Labute approximate surface area is 103 Å². The average molecular weight is 256 g/mol. The van der Waals surface area contributed by atoms with E-state index < -0.39 is 6.55 Å². The molecule has 0 saturated heterocycles. The van der Waals surface area contributed by atoms with Crippen LogP contribution in [0.2, 0.25) is 0 Å². The van der Waals surface area contributed by atoms with Gasteiger partial charge in [0, 0.05) is 32.4 Å². The van der Waals surface area contributed by atoms with E-state index in [2.05, 4.69) is 20.4 Å². The fourth-order valence-corrected chi connectivity index (χ4v) is 1.56. The predicted octanol–water partition coefficient (Wildman–Crippen LogP) is 0.739. The maximum absolute atomic E-state index is 12.5. The highest BCUT2D eigenvalue weighted by atomic mass is 19.3. The van der Waals surface area contributed by atoms with Crippen LogP contribution in [0.25, 0.3) is 0 Å². The molecule has 0 amide bonds. The van der Waals surface area contributed by atoms with Gasteiger partial charge in [-0.1, -0.05) is 0 Å². The molecule has 0 unspecified atom stereocenters. The van der Waals surface area contributed by atoms with Crippen molar-refractivity contribution in [3.63, 3.8) is 0 Å². The molecule has 0 aliphatic heterocycles. The van der Waals surface area contributed by atoms with E-state index in [9.17, 15) is 8.78 Å². The van der Waals surface area contributed by atoms with Crippen molar-refractivity contribution >= 4 is 0 Å². The van der Waals surface area contributed by atoms with Gasteiger partial charge < -0.3 is 5.32 Å². The summed E-state index contributed by atoms with van der Waals surface area (Å²) in [6.45, 7) is -1.65. The molecule has 0 spiro atoms. The highest BCUT2D eigenvalue weighted by Gasteiger charge is 2.10. The van der Waals surface area contributed by atoms with Crippen molar-refractivity contribution in [2.45, 2.75) is 19.5 Å². The third kappa shape index (κ3) is 3.10. The van der Waals surface area contributed by atoms with E-state index in [4.69, 9.17) is 0 Å². The lowest BCUT2D eigenvalue weighted by molar-refractivity contribution is 0.0666. The zero-order valence-electron chi connectivity index (χ0n) is 9.92. The van der Waals surface area contributed by atoms with Gasteiger partial charge in [-0.25, -0.2) is 9.97 Å². The highest BCUT2D eigenvalue weighted by molar-refractivity contribution is 4.92. The summed E-state index contributed by atoms with van der Waals surface area (Å²) in [5, 5.41) is 7.15. The molecular formula is C10H14F2N6. The molecule has 2 heterocycles. The zero-order valence-corrected chi connectivity index (χ0v) is 9.92. The molecule has 1 N–H and O–H groups in total. The number of hydrogen-bond donors (Lipinski definition) is 1. The van der Waals surface area contributed by atoms with Gasteiger partial charge in [-0.2, -0.15) is 13.9 Å². The van der Waals surface area contributed by atoms with Crippen molar-refractivity contribution in [2.75, 3.05) is 6.54 Å². The standard InChI is InChI=1S/C10H14F2N6/c1-17-7-15-8(16-17)2-3-13-6-9-14-4-5-18(9)10(11)12/h4-5,7,10,13H,2-3,6H2,1H3. The van der Waals surface area contributed by atoms with E-state index >= 15 is 0 Å². The van der Waals surface area contributed by atoms with Crippen LogP contribution < -0.4 is 5.32 Å². The average Bonchev–Trinajstić information content (AvgIpc) is 2.93. The summed E-state index contributed by atoms with van der Waals surface area (Å²) in [6.07, 6.45) is 4.90. The molecule has 18 heavy (non-hydrogen) atoms. The molecule has 0 fully saturated rings. The van der Waals surface area contributed by atoms with Crippen molar-refractivity contribution in [1.82, 2.24) is 29.6 Å². The van der Waals surface area contributed by atoms with Crippen LogP contribution in [0, 0.1) is 0 Å². The van der Waals surface area contributed by atoms with Gasteiger partial charge in [-0.15, -0.1) is 0 Å². The predicted molar refractivity (Wildman–Crippen MR) is 59.9 cm³/mol. The van der Waals surface area contributed by atoms with Gasteiger partial charge in [0.05, 0.1) is 6.54 Å². The van der Waals surface area contributed by atoms with Crippen LogP contribution in [0.4, 0.5) is 8.78 Å². The molecule has 0 saturated carbocycles. The normalized spacial score (nSPS) is 11.3. The molecule has 98 valence electrons. The summed E-state index contributed by atoms with van der Waals surface area (Å²) < 4.78 is 27.5. The summed E-state index contributed by atoms with van der Waals surface area (Å²) in [5.41, 5.74) is 0. The van der Waals surface area contributed by atoms with Crippen molar-refractivity contribution < 1.29 is 8.78 Å². The Kier molecular flexibility index (Phi) is 3.98. The molecule has 0 radical (unpaired) electrons. The second-order valence-corrected chi connectivity index (χ2v) is 3.79. The topological polar surface area (TPSA) is 60.6 Å². The lowest BCUT2D eigenvalue weighted by Gasteiger charge is -2.06. The maximum Gasteiger partial charge on any atom is 0.319 e. The number of halogens is 2. The van der Waals surface area contributed by atoms with Gasteiger partial charge in [-0.05, 0) is 0 Å². The van der Waals surface area contributed by atoms with Gasteiger partial charge in [0.2, 0.25) is 0 Å². The van der Waals surface area contributed by atoms with Gasteiger partial charge in [0.25, 0.3) is 0 Å². The largest absolute Gasteiger partial charge is 0.319 e. The fourth-order valence-electron chi connectivity index (χ4n) is 1.56. The Morgan fingerprint density at radius 3 is 2.89 bits per heavy atom. The molecule has 0 bridgehead atoms. The van der Waals surface area contributed by atoms with Crippen LogP contribution in [0.15, 0.2) is 18.7 Å². The SMILES string of the molecule is Cn1cnc(CCNCc2nccn2C(F)F)n1. The first-order chi connectivity index (χ1) is 8.66. The minimum Gasteiger partial charge on any atom is -0.309 e. The number of aromatic nitrogens is 5. The number of nitrogens with one attached hydrogen (secondary N) is 1. The molecule has 0 aromatic carbocycles. The van der Waals surface area contributed by atoms with Crippen LogP contribution >= 0.6 is 0 Å². The molecule has 2 aromatic rings. The summed E-state index contributed by atoms with van der Waals surface area (Å²) in [7, 11) is 1.80. The Morgan fingerprint density at radius 2 is 2.22 bits per heavy atom. The third-order valence-electron chi connectivity index (χ3n) is 2.41. The lowest BCUT2D eigenvalue weighted by atomic mass is 10.4. The number of rotatable bonds is 6. The van der Waals surface area contributed by atoms with Crippen molar-refractivity contribution in [3.05, 3.63) is 30.4 Å². The first kappa shape index (κ1) is 12.6. The number of imidazole rings is 1. The molecule has 6 nitrogen and oxygen atoms in total. The van der Waals surface area contributed by atoms with E-state index in [1.165, 1.54) is 12.4 Å². The lowest BCUT2D eigenvalue weighted by Crippen LogP contribution is -2.20. The Morgan fingerprint density at radius 1 is 1.39 bits per heavy atom. The van der Waals surface area contributed by atoms with E-state index in [0.29, 0.717) is 25.3 Å². The van der Waals surface area contributed by atoms with Crippen molar-refractivity contribution in [3.8, 4) is 0 Å². The summed E-state index contributed by atoms with van der Waals surface area (Å²) in [4.78, 5) is 7.94. The minimum atomic E-state index is -2.55. The fraction of sp³-hybridized carbons (Fsp3) is 0.500. The van der Waals surface area contributed by atoms with Crippen molar-refractivity contribution in [2.24, 2.45) is 7.05 Å². The minimum absolute atomic E-state index is 0.296. The van der Waals surface area contributed by atoms with Crippen LogP contribution in [-0.4, -0.2) is 30.9 Å². The van der Waals surface area contributed by atoms with Crippen LogP contribution in [0.5, 0.6) is 0 Å². The zero-order chi connectivity index (χ0) is 13.0. The highest BCUT2D eigenvalue weighted by Crippen LogP contribution is 2.11. The first-order valence-corrected chi connectivity index (χ1v) is 5.52. The Balaban J connectivity index is 1.77. The van der Waals surface area contributed by atoms with E-state index in [1.54, 1.807) is 18.1 Å². The molecule has 2 aromatic heterocycles. The third-order valence-corrected chi connectivity index (χ3v) is 2.41. The van der Waals surface area contributed by atoms with Crippen LogP contribution in [0.3, 0.4) is 0 Å². The number of nitrogens with zero attached hydrogens (tertiary/aromatic N) is 5. The van der Waals surface area contributed by atoms with Crippen LogP contribution in [-0.2, 0) is 20.0 Å². The number of aryl methyl sites for hydroxylation is 1. The van der Waals surface area contributed by atoms with Gasteiger partial charge >= 0.3 is 6.55 Å². The molecule has 8 heteroatoms. The molecule has 0 atom stereocenters. The second kappa shape index (κ2) is 5.67. The number of hydrogen-bond acceptors (Lipinski definition) is 4. The molecule has 2 rings (SSSR count). The maximum atomic E-state index is 12.5. The molecule has 0 aliphatic rings. The quantitative estimate of drug-likeness (QED) is 0.774. The summed E-state index contributed by atoms with van der Waals surface area (Å²) >= 11 is 0. The number of alkyl halides is 2. The Bertz CT molecular complexity index is 492. The van der Waals surface area contributed by atoms with Crippen molar-refractivity contribution in [1.29, 1.82) is 0 Å². The van der Waals surface area contributed by atoms with Crippen LogP contribution in [0.1, 0.15) is 18.2 Å². The molecule has 0 aliphatic carbocycles. The second-order valence-electron chi connectivity index (χ2n) is 3.79. The smallest absolute Gasteiger partial charge is 0.309 e. The Hall–Kier alpha value is -1.83. The first-order valence-electron chi connectivity index (χ1n) is 5.52. The van der Waals surface area contributed by atoms with E-state index in [0.717, 1.165) is 10.4 Å². The summed E-state index contributed by atoms with van der Waals surface area (Å²) in [5.74, 6) is 1.04. The van der Waals surface area contributed by atoms with Gasteiger partial charge in [0.1, 0.15) is 12.2 Å². The van der Waals surface area contributed by atoms with E-state index in [1.807, 2.05) is 0 Å².